The lowest BCUT2D eigenvalue weighted by Crippen LogP contribution is -2.03. The van der Waals surface area contributed by atoms with Crippen LogP contribution in [0.15, 0.2) is 54.6 Å². The van der Waals surface area contributed by atoms with Crippen LogP contribution in [0.5, 0.6) is 5.75 Å². The molecule has 0 saturated heterocycles. The number of methoxy groups -OCH3 is 1. The lowest BCUT2D eigenvalue weighted by molar-refractivity contribution is 0.0693. The van der Waals surface area contributed by atoms with E-state index < -0.39 is 5.97 Å². The number of aromatic carboxylic acids is 1. The maximum atomic E-state index is 11.5. The highest BCUT2D eigenvalue weighted by atomic mass is 35.5. The molecule has 0 unspecified atom stereocenters. The van der Waals surface area contributed by atoms with Gasteiger partial charge in [-0.05, 0) is 40.1 Å². The predicted octanol–water partition coefficient (Wildman–Crippen LogP) is 5.37. The van der Waals surface area contributed by atoms with Crippen LogP contribution in [0.4, 0.5) is 0 Å². The van der Waals surface area contributed by atoms with E-state index in [4.69, 9.17) is 16.3 Å². The van der Waals surface area contributed by atoms with Crippen LogP contribution in [0.2, 0.25) is 5.02 Å². The Morgan fingerprint density at radius 1 is 1.04 bits per heavy atom. The molecule has 3 rings (SSSR count). The third-order valence-corrected chi connectivity index (χ3v) is 3.98. The summed E-state index contributed by atoms with van der Waals surface area (Å²) < 4.78 is 5.14. The van der Waals surface area contributed by atoms with E-state index in [-0.39, 0.29) is 11.3 Å². The van der Waals surface area contributed by atoms with Crippen LogP contribution in [0.25, 0.3) is 22.9 Å². The minimum Gasteiger partial charge on any atom is -0.496 e. The summed E-state index contributed by atoms with van der Waals surface area (Å²) in [6.07, 6.45) is 3.60. The van der Waals surface area contributed by atoms with E-state index in [2.05, 4.69) is 0 Å². The van der Waals surface area contributed by atoms with Gasteiger partial charge < -0.3 is 9.84 Å². The van der Waals surface area contributed by atoms with Gasteiger partial charge in [0.1, 0.15) is 11.3 Å². The first-order valence-corrected chi connectivity index (χ1v) is 7.74. The third-order valence-electron chi connectivity index (χ3n) is 3.76. The highest BCUT2D eigenvalue weighted by Gasteiger charge is 2.16. The highest BCUT2D eigenvalue weighted by molar-refractivity contribution is 6.31. The number of fused-ring (bicyclic) bond motifs is 1. The summed E-state index contributed by atoms with van der Waals surface area (Å²) in [4.78, 5) is 11.5. The van der Waals surface area contributed by atoms with Crippen molar-refractivity contribution in [3.05, 3.63) is 76.3 Å². The number of halogens is 1. The number of hydrogen-bond acceptors (Lipinski definition) is 2. The Morgan fingerprint density at radius 3 is 2.50 bits per heavy atom. The number of carboxylic acid groups (broad SMARTS) is 1. The summed E-state index contributed by atoms with van der Waals surface area (Å²) in [7, 11) is 1.43. The zero-order valence-corrected chi connectivity index (χ0v) is 13.7. The van der Waals surface area contributed by atoms with E-state index in [1.807, 2.05) is 48.5 Å². The standard InChI is InChI=1S/C20H15ClO3/c1-24-18-12-17(21)11-16(19(18)20(22)23)9-7-13-6-8-14-4-2-3-5-15(14)10-13/h2-12H,1H3,(H,22,23)/b9-7+. The second-order valence-corrected chi connectivity index (χ2v) is 5.75. The molecule has 24 heavy (non-hydrogen) atoms. The van der Waals surface area contributed by atoms with Gasteiger partial charge in [0.15, 0.2) is 0 Å². The fourth-order valence-electron chi connectivity index (χ4n) is 2.62. The molecule has 3 nitrogen and oxygen atoms in total. The van der Waals surface area contributed by atoms with Crippen molar-refractivity contribution < 1.29 is 14.6 Å². The van der Waals surface area contributed by atoms with Crippen molar-refractivity contribution in [2.45, 2.75) is 0 Å². The first-order valence-electron chi connectivity index (χ1n) is 7.36. The smallest absolute Gasteiger partial charge is 0.340 e. The van der Waals surface area contributed by atoms with Crippen molar-refractivity contribution in [3.63, 3.8) is 0 Å². The first-order chi connectivity index (χ1) is 11.6. The van der Waals surface area contributed by atoms with Crippen molar-refractivity contribution in [3.8, 4) is 5.75 Å². The van der Waals surface area contributed by atoms with Gasteiger partial charge >= 0.3 is 5.97 Å². The summed E-state index contributed by atoms with van der Waals surface area (Å²) in [6.45, 7) is 0. The van der Waals surface area contributed by atoms with Crippen molar-refractivity contribution in [1.82, 2.24) is 0 Å². The normalized spacial score (nSPS) is 11.1. The van der Waals surface area contributed by atoms with Gasteiger partial charge in [-0.1, -0.05) is 60.2 Å². The fourth-order valence-corrected chi connectivity index (χ4v) is 2.84. The quantitative estimate of drug-likeness (QED) is 0.650. The van der Waals surface area contributed by atoms with Crippen LogP contribution in [0.1, 0.15) is 21.5 Å². The molecule has 0 saturated carbocycles. The van der Waals surface area contributed by atoms with Gasteiger partial charge in [-0.3, -0.25) is 0 Å². The van der Waals surface area contributed by atoms with E-state index in [1.165, 1.54) is 13.2 Å². The van der Waals surface area contributed by atoms with E-state index in [1.54, 1.807) is 12.1 Å². The number of ether oxygens (including phenoxy) is 1. The fraction of sp³-hybridized carbons (Fsp3) is 0.0500. The van der Waals surface area contributed by atoms with Crippen LogP contribution in [0, 0.1) is 0 Å². The number of carboxylic acids is 1. The topological polar surface area (TPSA) is 46.5 Å². The lowest BCUT2D eigenvalue weighted by atomic mass is 10.0. The predicted molar refractivity (Wildman–Crippen MR) is 97.8 cm³/mol. The molecule has 0 atom stereocenters. The van der Waals surface area contributed by atoms with Gasteiger partial charge in [-0.25, -0.2) is 4.79 Å². The maximum absolute atomic E-state index is 11.5. The molecular formula is C20H15ClO3. The van der Waals surface area contributed by atoms with Gasteiger partial charge in [-0.15, -0.1) is 0 Å². The summed E-state index contributed by atoms with van der Waals surface area (Å²) >= 11 is 6.06. The number of hydrogen-bond donors (Lipinski definition) is 1. The summed E-state index contributed by atoms with van der Waals surface area (Å²) in [5.41, 5.74) is 1.57. The minimum atomic E-state index is -1.05. The molecule has 0 bridgehead atoms. The summed E-state index contributed by atoms with van der Waals surface area (Å²) in [5.74, 6) is -0.810. The second-order valence-electron chi connectivity index (χ2n) is 5.32. The largest absolute Gasteiger partial charge is 0.496 e. The Morgan fingerprint density at radius 2 is 1.79 bits per heavy atom. The Kier molecular flexibility index (Phi) is 4.54. The monoisotopic (exact) mass is 338 g/mol. The lowest BCUT2D eigenvalue weighted by Gasteiger charge is -2.09. The SMILES string of the molecule is COc1cc(Cl)cc(/C=C/c2ccc3ccccc3c2)c1C(=O)O. The molecule has 0 aliphatic carbocycles. The number of benzene rings is 3. The summed E-state index contributed by atoms with van der Waals surface area (Å²) in [5, 5.41) is 12.2. The van der Waals surface area contributed by atoms with Crippen LogP contribution in [-0.2, 0) is 0 Å². The average molecular weight is 339 g/mol. The van der Waals surface area contributed by atoms with Gasteiger partial charge in [0.2, 0.25) is 0 Å². The van der Waals surface area contributed by atoms with Crippen molar-refractivity contribution in [1.29, 1.82) is 0 Å². The number of carbonyl (C=O) groups is 1. The van der Waals surface area contributed by atoms with Crippen LogP contribution in [0.3, 0.4) is 0 Å². The number of rotatable bonds is 4. The molecule has 0 aliphatic rings. The van der Waals surface area contributed by atoms with E-state index in [9.17, 15) is 9.90 Å². The zero-order chi connectivity index (χ0) is 17.1. The Bertz CT molecular complexity index is 945. The van der Waals surface area contributed by atoms with Gasteiger partial charge in [-0.2, -0.15) is 0 Å². The maximum Gasteiger partial charge on any atom is 0.340 e. The second kappa shape index (κ2) is 6.77. The highest BCUT2D eigenvalue weighted by Crippen LogP contribution is 2.29. The minimum absolute atomic E-state index is 0.0962. The Balaban J connectivity index is 2.04. The molecule has 0 radical (unpaired) electrons. The third kappa shape index (κ3) is 3.26. The molecule has 4 heteroatoms. The summed E-state index contributed by atoms with van der Waals surface area (Å²) in [6, 6.07) is 17.3. The van der Waals surface area contributed by atoms with Crippen LogP contribution < -0.4 is 4.74 Å². The Hall–Kier alpha value is -2.78. The molecule has 0 aromatic heterocycles. The van der Waals surface area contributed by atoms with Crippen molar-refractivity contribution in [2.24, 2.45) is 0 Å². The van der Waals surface area contributed by atoms with E-state index >= 15 is 0 Å². The van der Waals surface area contributed by atoms with E-state index in [0.717, 1.165) is 16.3 Å². The molecule has 1 N–H and O–H groups in total. The molecular weight excluding hydrogens is 324 g/mol. The van der Waals surface area contributed by atoms with E-state index in [0.29, 0.717) is 10.6 Å². The molecule has 3 aromatic rings. The van der Waals surface area contributed by atoms with Gasteiger partial charge in [0, 0.05) is 5.02 Å². The van der Waals surface area contributed by atoms with Crippen molar-refractivity contribution >= 4 is 40.5 Å². The molecule has 3 aromatic carbocycles. The van der Waals surface area contributed by atoms with Crippen LogP contribution >= 0.6 is 11.6 Å². The molecule has 0 amide bonds. The molecule has 120 valence electrons. The Labute approximate surface area is 144 Å². The molecule has 0 heterocycles. The van der Waals surface area contributed by atoms with Crippen LogP contribution in [-0.4, -0.2) is 18.2 Å². The molecule has 0 fully saturated rings. The molecule has 0 aliphatic heterocycles. The van der Waals surface area contributed by atoms with Gasteiger partial charge in [0.05, 0.1) is 7.11 Å². The van der Waals surface area contributed by atoms with Gasteiger partial charge in [0.25, 0.3) is 0 Å². The zero-order valence-electron chi connectivity index (χ0n) is 13.0. The van der Waals surface area contributed by atoms with Crippen molar-refractivity contribution in [2.75, 3.05) is 7.11 Å². The molecule has 0 spiro atoms. The first kappa shape index (κ1) is 16.1. The average Bonchev–Trinajstić information content (AvgIpc) is 2.58.